The highest BCUT2D eigenvalue weighted by molar-refractivity contribution is 5.84. The van der Waals surface area contributed by atoms with Crippen LogP contribution in [-0.4, -0.2) is 42.5 Å². The van der Waals surface area contributed by atoms with Crippen LogP contribution in [-0.2, 0) is 4.79 Å². The Morgan fingerprint density at radius 1 is 1.22 bits per heavy atom. The number of amides is 1. The maximum atomic E-state index is 11.5. The number of nitrogens with two attached hydrogens (primary N) is 1. The van der Waals surface area contributed by atoms with Crippen molar-refractivity contribution in [3.63, 3.8) is 0 Å². The first-order chi connectivity index (χ1) is 8.50. The maximum Gasteiger partial charge on any atom is 0.237 e. The van der Waals surface area contributed by atoms with Gasteiger partial charge in [-0.05, 0) is 58.8 Å². The minimum absolute atomic E-state index is 0.241. The van der Waals surface area contributed by atoms with Gasteiger partial charge in [0, 0.05) is 0 Å². The predicted octanol–water partition coefficient (Wildman–Crippen LogP) is 1.74. The van der Waals surface area contributed by atoms with Gasteiger partial charge in [-0.2, -0.15) is 0 Å². The Labute approximate surface area is 112 Å². The molecule has 1 amide bonds. The third-order valence-electron chi connectivity index (χ3n) is 3.45. The Balaban J connectivity index is 4.14. The van der Waals surface area contributed by atoms with E-state index in [0.29, 0.717) is 0 Å². The van der Waals surface area contributed by atoms with Gasteiger partial charge in [-0.25, -0.2) is 0 Å². The van der Waals surface area contributed by atoms with Crippen molar-refractivity contribution in [2.45, 2.75) is 58.9 Å². The highest BCUT2D eigenvalue weighted by atomic mass is 16.1. The molecule has 0 aliphatic rings. The molecule has 1 unspecified atom stereocenters. The summed E-state index contributed by atoms with van der Waals surface area (Å²) in [6.07, 6.45) is 4.00. The summed E-state index contributed by atoms with van der Waals surface area (Å²) in [5.74, 6) is -0.241. The van der Waals surface area contributed by atoms with Crippen molar-refractivity contribution < 1.29 is 4.79 Å². The summed E-state index contributed by atoms with van der Waals surface area (Å²) in [6.45, 7) is 12.5. The Morgan fingerprint density at radius 3 is 2.33 bits per heavy atom. The molecule has 0 aromatic carbocycles. The fourth-order valence-electron chi connectivity index (χ4n) is 2.10. The molecule has 0 rings (SSSR count). The van der Waals surface area contributed by atoms with Crippen LogP contribution >= 0.6 is 0 Å². The molecule has 0 saturated heterocycles. The molecule has 3 N–H and O–H groups in total. The van der Waals surface area contributed by atoms with Crippen LogP contribution in [0.5, 0.6) is 0 Å². The average Bonchev–Trinajstić information content (AvgIpc) is 2.35. The molecule has 1 atom stereocenters. The zero-order valence-electron chi connectivity index (χ0n) is 12.6. The van der Waals surface area contributed by atoms with Crippen molar-refractivity contribution in [1.82, 2.24) is 10.2 Å². The van der Waals surface area contributed by atoms with Gasteiger partial charge in [-0.1, -0.05) is 20.8 Å². The molecule has 18 heavy (non-hydrogen) atoms. The summed E-state index contributed by atoms with van der Waals surface area (Å²) in [5, 5.41) is 3.28. The average molecular weight is 257 g/mol. The minimum atomic E-state index is -0.554. The molecule has 0 radical (unpaired) electrons. The van der Waals surface area contributed by atoms with Crippen molar-refractivity contribution in [2.75, 3.05) is 26.2 Å². The first kappa shape index (κ1) is 17.4. The number of primary amides is 1. The second-order valence-electron chi connectivity index (χ2n) is 5.16. The number of hydrogen-bond donors (Lipinski definition) is 2. The molecular formula is C14H31N3O. The quantitative estimate of drug-likeness (QED) is 0.593. The molecule has 0 aromatic rings. The summed E-state index contributed by atoms with van der Waals surface area (Å²) in [7, 11) is 0. The van der Waals surface area contributed by atoms with E-state index in [-0.39, 0.29) is 5.91 Å². The number of nitrogens with one attached hydrogen (secondary N) is 1. The monoisotopic (exact) mass is 257 g/mol. The van der Waals surface area contributed by atoms with Gasteiger partial charge in [0.15, 0.2) is 0 Å². The van der Waals surface area contributed by atoms with Gasteiger partial charge < -0.3 is 16.0 Å². The third-order valence-corrected chi connectivity index (χ3v) is 3.45. The summed E-state index contributed by atoms with van der Waals surface area (Å²) in [4.78, 5) is 14.0. The van der Waals surface area contributed by atoms with Crippen molar-refractivity contribution >= 4 is 5.91 Å². The molecule has 0 aromatic heterocycles. The van der Waals surface area contributed by atoms with Crippen LogP contribution in [0.25, 0.3) is 0 Å². The van der Waals surface area contributed by atoms with Crippen LogP contribution < -0.4 is 11.1 Å². The van der Waals surface area contributed by atoms with E-state index < -0.39 is 5.54 Å². The van der Waals surface area contributed by atoms with E-state index >= 15 is 0 Å². The smallest absolute Gasteiger partial charge is 0.237 e. The number of carbonyl (C=O) groups is 1. The highest BCUT2D eigenvalue weighted by Gasteiger charge is 2.29. The molecular weight excluding hydrogens is 226 g/mol. The first-order valence-corrected chi connectivity index (χ1v) is 7.27. The topological polar surface area (TPSA) is 58.4 Å². The fourth-order valence-corrected chi connectivity index (χ4v) is 2.10. The summed E-state index contributed by atoms with van der Waals surface area (Å²) in [6, 6.07) is 0. The van der Waals surface area contributed by atoms with Crippen LogP contribution in [0.4, 0.5) is 0 Å². The van der Waals surface area contributed by atoms with E-state index in [1.54, 1.807) is 0 Å². The number of rotatable bonds is 11. The van der Waals surface area contributed by atoms with E-state index in [0.717, 1.165) is 45.4 Å². The molecule has 4 heteroatoms. The molecule has 4 nitrogen and oxygen atoms in total. The molecule has 0 heterocycles. The Kier molecular flexibility index (Phi) is 9.02. The van der Waals surface area contributed by atoms with Gasteiger partial charge in [0.25, 0.3) is 0 Å². The Morgan fingerprint density at radius 2 is 1.89 bits per heavy atom. The lowest BCUT2D eigenvalue weighted by Gasteiger charge is -2.29. The lowest BCUT2D eigenvalue weighted by molar-refractivity contribution is -0.124. The molecule has 0 bridgehead atoms. The number of nitrogens with zero attached hydrogens (tertiary/aromatic N) is 1. The van der Waals surface area contributed by atoms with Crippen LogP contribution in [0.15, 0.2) is 0 Å². The molecule has 0 aliphatic heterocycles. The van der Waals surface area contributed by atoms with Gasteiger partial charge in [-0.15, -0.1) is 0 Å². The zero-order valence-corrected chi connectivity index (χ0v) is 12.6. The van der Waals surface area contributed by atoms with Gasteiger partial charge in [0.05, 0.1) is 5.54 Å². The van der Waals surface area contributed by atoms with Gasteiger partial charge in [0.2, 0.25) is 5.91 Å². The molecule has 0 fully saturated rings. The lowest BCUT2D eigenvalue weighted by atomic mass is 9.94. The largest absolute Gasteiger partial charge is 0.368 e. The Hall–Kier alpha value is -0.610. The third kappa shape index (κ3) is 6.36. The number of carbonyl (C=O) groups excluding carboxylic acids is 1. The van der Waals surface area contributed by atoms with Crippen LogP contribution in [0, 0.1) is 0 Å². The van der Waals surface area contributed by atoms with Crippen molar-refractivity contribution in [2.24, 2.45) is 5.73 Å². The lowest BCUT2D eigenvalue weighted by Crippen LogP contribution is -2.53. The molecule has 0 spiro atoms. The molecule has 108 valence electrons. The van der Waals surface area contributed by atoms with Gasteiger partial charge >= 0.3 is 0 Å². The standard InChI is InChI=1S/C14H31N3O/c1-5-10-16-14(4,13(15)18)9-8-12-17(7-3)11-6-2/h16H,5-12H2,1-4H3,(H2,15,18). The van der Waals surface area contributed by atoms with E-state index in [4.69, 9.17) is 5.73 Å². The fraction of sp³-hybridized carbons (Fsp3) is 0.929. The van der Waals surface area contributed by atoms with E-state index in [1.807, 2.05) is 6.92 Å². The van der Waals surface area contributed by atoms with Crippen molar-refractivity contribution in [3.8, 4) is 0 Å². The second kappa shape index (κ2) is 9.34. The molecule has 0 aliphatic carbocycles. The zero-order chi connectivity index (χ0) is 14.0. The van der Waals surface area contributed by atoms with Crippen LogP contribution in [0.3, 0.4) is 0 Å². The minimum Gasteiger partial charge on any atom is -0.368 e. The molecule has 0 saturated carbocycles. The van der Waals surface area contributed by atoms with Crippen LogP contribution in [0.1, 0.15) is 53.4 Å². The van der Waals surface area contributed by atoms with E-state index in [9.17, 15) is 4.79 Å². The summed E-state index contributed by atoms with van der Waals surface area (Å²) in [5.41, 5.74) is 4.95. The number of hydrogen-bond acceptors (Lipinski definition) is 3. The Bertz CT molecular complexity index is 233. The van der Waals surface area contributed by atoms with E-state index in [2.05, 4.69) is 31.0 Å². The second-order valence-corrected chi connectivity index (χ2v) is 5.16. The van der Waals surface area contributed by atoms with Crippen molar-refractivity contribution in [3.05, 3.63) is 0 Å². The van der Waals surface area contributed by atoms with E-state index in [1.165, 1.54) is 6.42 Å². The van der Waals surface area contributed by atoms with Crippen LogP contribution in [0.2, 0.25) is 0 Å². The summed E-state index contributed by atoms with van der Waals surface area (Å²) >= 11 is 0. The first-order valence-electron chi connectivity index (χ1n) is 7.27. The normalized spacial score (nSPS) is 14.7. The van der Waals surface area contributed by atoms with Crippen molar-refractivity contribution in [1.29, 1.82) is 0 Å². The maximum absolute atomic E-state index is 11.5. The van der Waals surface area contributed by atoms with Gasteiger partial charge in [-0.3, -0.25) is 4.79 Å². The highest BCUT2D eigenvalue weighted by Crippen LogP contribution is 2.12. The van der Waals surface area contributed by atoms with Gasteiger partial charge in [0.1, 0.15) is 0 Å². The SMILES string of the molecule is CCCNC(C)(CCCN(CC)CCC)C(N)=O. The summed E-state index contributed by atoms with van der Waals surface area (Å²) < 4.78 is 0. The predicted molar refractivity (Wildman–Crippen MR) is 77.5 cm³/mol.